The van der Waals surface area contributed by atoms with Crippen LogP contribution in [-0.4, -0.2) is 31.5 Å². The standard InChI is InChI=1S/C34H24O10/c35-20-5-1-17(2-6-20)30-28(43-26-15-22(37)9-11-24(26)32(30)39)13-19(34(41)42)14-29-31(18-3-7-21(36)8-4-18)33(40)25-12-10-23(38)16-27(25)44-29/h1-12,15-16,19,35-38H,13-14H2,(H,41,42). The molecule has 6 aromatic rings. The topological polar surface area (TPSA) is 179 Å². The van der Waals surface area contributed by atoms with E-state index in [1.165, 1.54) is 84.9 Å². The van der Waals surface area contributed by atoms with Crippen molar-refractivity contribution >= 4 is 27.9 Å². The number of aromatic hydroxyl groups is 4. The largest absolute Gasteiger partial charge is 0.508 e. The van der Waals surface area contributed by atoms with Crippen molar-refractivity contribution in [3.63, 3.8) is 0 Å². The van der Waals surface area contributed by atoms with Crippen molar-refractivity contribution < 1.29 is 39.2 Å². The Balaban J connectivity index is 1.52. The quantitative estimate of drug-likeness (QED) is 0.158. The molecule has 0 aliphatic heterocycles. The molecular formula is C34H24O10. The zero-order valence-electron chi connectivity index (χ0n) is 22.9. The zero-order chi connectivity index (χ0) is 31.1. The van der Waals surface area contributed by atoms with Gasteiger partial charge in [-0.1, -0.05) is 24.3 Å². The van der Waals surface area contributed by atoms with Gasteiger partial charge in [0.2, 0.25) is 10.9 Å². The average molecular weight is 593 g/mol. The number of phenols is 4. The third-order valence-electron chi connectivity index (χ3n) is 7.42. The zero-order valence-corrected chi connectivity index (χ0v) is 22.9. The normalized spacial score (nSPS) is 11.4. The van der Waals surface area contributed by atoms with Crippen molar-refractivity contribution in [2.45, 2.75) is 12.8 Å². The third kappa shape index (κ3) is 5.20. The molecule has 0 unspecified atom stereocenters. The molecule has 0 amide bonds. The van der Waals surface area contributed by atoms with E-state index in [1.54, 1.807) is 0 Å². The molecule has 0 saturated carbocycles. The van der Waals surface area contributed by atoms with E-state index < -0.39 is 22.7 Å². The lowest BCUT2D eigenvalue weighted by molar-refractivity contribution is -0.141. The van der Waals surface area contributed by atoms with E-state index in [0.29, 0.717) is 11.1 Å². The Morgan fingerprint density at radius 2 is 0.932 bits per heavy atom. The molecule has 10 nitrogen and oxygen atoms in total. The summed E-state index contributed by atoms with van der Waals surface area (Å²) in [4.78, 5) is 40.1. The van der Waals surface area contributed by atoms with Crippen LogP contribution in [0.4, 0.5) is 0 Å². The molecular weight excluding hydrogens is 568 g/mol. The molecule has 44 heavy (non-hydrogen) atoms. The van der Waals surface area contributed by atoms with E-state index >= 15 is 0 Å². The minimum atomic E-state index is -1.28. The first kappa shape index (κ1) is 28.1. The second-order valence-corrected chi connectivity index (χ2v) is 10.4. The number of carboxylic acid groups (broad SMARTS) is 1. The van der Waals surface area contributed by atoms with E-state index in [0.717, 1.165) is 0 Å². The van der Waals surface area contributed by atoms with Crippen LogP contribution in [0.1, 0.15) is 11.5 Å². The molecule has 0 saturated heterocycles. The number of benzene rings is 4. The Bertz CT molecular complexity index is 2020. The molecule has 2 heterocycles. The summed E-state index contributed by atoms with van der Waals surface area (Å²) in [6.07, 6.45) is -0.633. The van der Waals surface area contributed by atoms with Crippen molar-refractivity contribution in [1.82, 2.24) is 0 Å². The molecule has 5 N–H and O–H groups in total. The van der Waals surface area contributed by atoms with Crippen LogP contribution in [0.2, 0.25) is 0 Å². The summed E-state index contributed by atoms with van der Waals surface area (Å²) < 4.78 is 12.1. The molecule has 0 bridgehead atoms. The summed E-state index contributed by atoms with van der Waals surface area (Å²) in [5.41, 5.74) is 0.0907. The predicted molar refractivity (Wildman–Crippen MR) is 161 cm³/mol. The van der Waals surface area contributed by atoms with E-state index in [4.69, 9.17) is 8.83 Å². The number of phenolic OH excluding ortho intramolecular Hbond substituents is 4. The van der Waals surface area contributed by atoms with Crippen LogP contribution in [-0.2, 0) is 17.6 Å². The number of hydrogen-bond acceptors (Lipinski definition) is 9. The molecule has 10 heteroatoms. The van der Waals surface area contributed by atoms with Crippen molar-refractivity contribution in [2.75, 3.05) is 0 Å². The van der Waals surface area contributed by atoms with Crippen LogP contribution in [0, 0.1) is 5.92 Å². The second-order valence-electron chi connectivity index (χ2n) is 10.4. The first-order valence-corrected chi connectivity index (χ1v) is 13.5. The average Bonchev–Trinajstić information content (AvgIpc) is 2.98. The first-order chi connectivity index (χ1) is 21.1. The summed E-state index contributed by atoms with van der Waals surface area (Å²) in [5.74, 6) is -2.90. The number of hydrogen-bond donors (Lipinski definition) is 5. The van der Waals surface area contributed by atoms with Crippen molar-refractivity contribution in [3.8, 4) is 45.3 Å². The van der Waals surface area contributed by atoms with Gasteiger partial charge in [-0.25, -0.2) is 0 Å². The van der Waals surface area contributed by atoms with E-state index in [2.05, 4.69) is 0 Å². The predicted octanol–water partition coefficient (Wildman–Crippen LogP) is 5.54. The maximum absolute atomic E-state index is 13.7. The van der Waals surface area contributed by atoms with E-state index in [1.807, 2.05) is 0 Å². The summed E-state index contributed by atoms with van der Waals surface area (Å²) in [5, 5.41) is 50.3. The maximum Gasteiger partial charge on any atom is 0.307 e. The lowest BCUT2D eigenvalue weighted by Crippen LogP contribution is -2.22. The summed E-state index contributed by atoms with van der Waals surface area (Å²) in [6, 6.07) is 19.6. The highest BCUT2D eigenvalue weighted by atomic mass is 16.4. The van der Waals surface area contributed by atoms with Crippen LogP contribution < -0.4 is 10.9 Å². The van der Waals surface area contributed by atoms with Crippen LogP contribution >= 0.6 is 0 Å². The molecule has 0 aliphatic rings. The molecule has 220 valence electrons. The smallest absolute Gasteiger partial charge is 0.307 e. The third-order valence-corrected chi connectivity index (χ3v) is 7.42. The lowest BCUT2D eigenvalue weighted by Gasteiger charge is -2.17. The van der Waals surface area contributed by atoms with Crippen molar-refractivity contribution in [1.29, 1.82) is 0 Å². The SMILES string of the molecule is O=C(O)C(Cc1oc2cc(O)ccc2c(=O)c1-c1ccc(O)cc1)Cc1oc2cc(O)ccc2c(=O)c1-c1ccc(O)cc1. The molecule has 4 aromatic carbocycles. The van der Waals surface area contributed by atoms with Gasteiger partial charge in [0.25, 0.3) is 0 Å². The molecule has 2 aromatic heterocycles. The van der Waals surface area contributed by atoms with Crippen LogP contribution in [0.15, 0.2) is 103 Å². The summed E-state index contributed by atoms with van der Waals surface area (Å²) in [6.45, 7) is 0. The highest BCUT2D eigenvalue weighted by molar-refractivity contribution is 5.86. The van der Waals surface area contributed by atoms with Gasteiger partial charge in [-0.3, -0.25) is 14.4 Å². The van der Waals surface area contributed by atoms with Gasteiger partial charge in [0, 0.05) is 25.0 Å². The molecule has 0 aliphatic carbocycles. The fourth-order valence-corrected chi connectivity index (χ4v) is 5.28. The monoisotopic (exact) mass is 592 g/mol. The minimum Gasteiger partial charge on any atom is -0.508 e. The molecule has 0 radical (unpaired) electrons. The van der Waals surface area contributed by atoms with Gasteiger partial charge >= 0.3 is 5.97 Å². The molecule has 6 rings (SSSR count). The summed E-state index contributed by atoms with van der Waals surface area (Å²) in [7, 11) is 0. The Morgan fingerprint density at radius 1 is 0.568 bits per heavy atom. The Labute approximate surface area is 247 Å². The second kappa shape index (κ2) is 11.0. The summed E-state index contributed by atoms with van der Waals surface area (Å²) >= 11 is 0. The Hall–Kier alpha value is -6.03. The van der Waals surface area contributed by atoms with Gasteiger partial charge in [-0.05, 0) is 59.7 Å². The van der Waals surface area contributed by atoms with Crippen LogP contribution in [0.3, 0.4) is 0 Å². The number of aliphatic carboxylic acids is 1. The lowest BCUT2D eigenvalue weighted by atomic mass is 9.90. The Kier molecular flexibility index (Phi) is 7.02. The fourth-order valence-electron chi connectivity index (χ4n) is 5.28. The van der Waals surface area contributed by atoms with Gasteiger partial charge in [-0.2, -0.15) is 0 Å². The van der Waals surface area contributed by atoms with Gasteiger partial charge < -0.3 is 34.4 Å². The van der Waals surface area contributed by atoms with E-state index in [9.17, 15) is 39.9 Å². The first-order valence-electron chi connectivity index (χ1n) is 13.5. The van der Waals surface area contributed by atoms with E-state index in [-0.39, 0.29) is 80.4 Å². The van der Waals surface area contributed by atoms with Gasteiger partial charge in [0.05, 0.1) is 27.8 Å². The molecule has 0 fully saturated rings. The highest BCUT2D eigenvalue weighted by Gasteiger charge is 2.28. The molecule has 0 spiro atoms. The van der Waals surface area contributed by atoms with Gasteiger partial charge in [0.15, 0.2) is 0 Å². The number of carbonyl (C=O) groups is 1. The van der Waals surface area contributed by atoms with Gasteiger partial charge in [0.1, 0.15) is 45.7 Å². The van der Waals surface area contributed by atoms with Crippen molar-refractivity contribution in [3.05, 3.63) is 117 Å². The Morgan fingerprint density at radius 3 is 1.30 bits per heavy atom. The number of carboxylic acids is 1. The molecule has 0 atom stereocenters. The van der Waals surface area contributed by atoms with Gasteiger partial charge in [-0.15, -0.1) is 0 Å². The minimum absolute atomic E-state index is 0.0122. The maximum atomic E-state index is 13.7. The van der Waals surface area contributed by atoms with Crippen LogP contribution in [0.25, 0.3) is 44.2 Å². The van der Waals surface area contributed by atoms with Crippen LogP contribution in [0.5, 0.6) is 23.0 Å². The highest BCUT2D eigenvalue weighted by Crippen LogP contribution is 2.33. The number of fused-ring (bicyclic) bond motifs is 2. The fraction of sp³-hybridized carbons (Fsp3) is 0.0882. The van der Waals surface area contributed by atoms with Crippen molar-refractivity contribution in [2.24, 2.45) is 5.92 Å². The number of rotatable bonds is 7.